The summed E-state index contributed by atoms with van der Waals surface area (Å²) in [5, 5.41) is 3.21. The first-order chi connectivity index (χ1) is 4.94. The van der Waals surface area contributed by atoms with Crippen LogP contribution in [0.3, 0.4) is 0 Å². The van der Waals surface area contributed by atoms with Gasteiger partial charge in [-0.2, -0.15) is 0 Å². The molecule has 1 saturated carbocycles. The molecule has 0 aromatic carbocycles. The highest BCUT2D eigenvalue weighted by atomic mass is 19.1. The number of hydrogen-bond donors (Lipinski definition) is 1. The van der Waals surface area contributed by atoms with Crippen LogP contribution < -0.4 is 5.32 Å². The zero-order valence-electron chi connectivity index (χ0n) is 7.87. The second-order valence-electron chi connectivity index (χ2n) is 4.52. The smallest absolute Gasteiger partial charge is 0.102 e. The van der Waals surface area contributed by atoms with Crippen molar-refractivity contribution in [2.75, 3.05) is 13.2 Å². The molecule has 1 aliphatic carbocycles. The predicted molar refractivity (Wildman–Crippen MR) is 45.3 cm³/mol. The number of halogens is 1. The van der Waals surface area contributed by atoms with E-state index in [0.717, 1.165) is 0 Å². The Morgan fingerprint density at radius 3 is 1.91 bits per heavy atom. The molecule has 0 unspecified atom stereocenters. The predicted octanol–water partition coefficient (Wildman–Crippen LogP) is 1.98. The van der Waals surface area contributed by atoms with E-state index in [1.54, 1.807) is 0 Å². The normalized spacial score (nSPS) is 27.0. The first kappa shape index (κ1) is 8.98. The zero-order chi connectivity index (χ0) is 8.70. The van der Waals surface area contributed by atoms with E-state index >= 15 is 0 Å². The zero-order valence-corrected chi connectivity index (χ0v) is 7.87. The minimum atomic E-state index is -0.261. The van der Waals surface area contributed by atoms with Gasteiger partial charge in [0.05, 0.1) is 0 Å². The summed E-state index contributed by atoms with van der Waals surface area (Å²) < 4.78 is 11.8. The molecule has 0 spiro atoms. The molecule has 1 rings (SSSR count). The third kappa shape index (κ3) is 1.18. The Morgan fingerprint density at radius 2 is 1.64 bits per heavy atom. The summed E-state index contributed by atoms with van der Waals surface area (Å²) in [5.74, 6) is 0. The highest BCUT2D eigenvalue weighted by Crippen LogP contribution is 2.62. The van der Waals surface area contributed by atoms with E-state index in [-0.39, 0.29) is 6.67 Å². The van der Waals surface area contributed by atoms with Crippen molar-refractivity contribution in [1.82, 2.24) is 5.32 Å². The van der Waals surface area contributed by atoms with E-state index in [2.05, 4.69) is 33.0 Å². The minimum Gasteiger partial charge on any atom is -0.310 e. The molecule has 1 N–H and O–H groups in total. The lowest BCUT2D eigenvalue weighted by Crippen LogP contribution is -2.24. The highest BCUT2D eigenvalue weighted by Gasteiger charge is 2.64. The molecule has 11 heavy (non-hydrogen) atoms. The van der Waals surface area contributed by atoms with Crippen molar-refractivity contribution in [2.24, 2.45) is 10.8 Å². The molecule has 0 aromatic heterocycles. The highest BCUT2D eigenvalue weighted by molar-refractivity contribution is 5.17. The van der Waals surface area contributed by atoms with Crippen molar-refractivity contribution in [1.29, 1.82) is 0 Å². The molecule has 0 aliphatic heterocycles. The van der Waals surface area contributed by atoms with Gasteiger partial charge in [-0.25, -0.2) is 4.39 Å². The standard InChI is InChI=1S/C9H18FN/c1-8(2)7(9(8,3)4)11-6-5-10/h7,11H,5-6H2,1-4H3. The van der Waals surface area contributed by atoms with Crippen LogP contribution in [0.5, 0.6) is 0 Å². The van der Waals surface area contributed by atoms with E-state index < -0.39 is 0 Å². The van der Waals surface area contributed by atoms with E-state index in [1.165, 1.54) is 0 Å². The van der Waals surface area contributed by atoms with Crippen molar-refractivity contribution >= 4 is 0 Å². The molecule has 66 valence electrons. The van der Waals surface area contributed by atoms with Gasteiger partial charge in [-0.05, 0) is 10.8 Å². The molecule has 0 amide bonds. The lowest BCUT2D eigenvalue weighted by Gasteiger charge is -2.03. The van der Waals surface area contributed by atoms with Crippen LogP contribution in [0.25, 0.3) is 0 Å². The van der Waals surface area contributed by atoms with E-state index in [4.69, 9.17) is 0 Å². The number of rotatable bonds is 3. The fourth-order valence-electron chi connectivity index (χ4n) is 1.91. The van der Waals surface area contributed by atoms with Crippen LogP contribution in [-0.2, 0) is 0 Å². The van der Waals surface area contributed by atoms with Gasteiger partial charge in [-0.15, -0.1) is 0 Å². The molecule has 0 radical (unpaired) electrons. The Hall–Kier alpha value is -0.110. The van der Waals surface area contributed by atoms with Crippen molar-refractivity contribution in [2.45, 2.75) is 33.7 Å². The number of hydrogen-bond acceptors (Lipinski definition) is 1. The molecule has 0 saturated heterocycles. The summed E-state index contributed by atoms with van der Waals surface area (Å²) in [6.07, 6.45) is 0. The summed E-state index contributed by atoms with van der Waals surface area (Å²) in [6.45, 7) is 9.14. The second-order valence-corrected chi connectivity index (χ2v) is 4.52. The fraction of sp³-hybridized carbons (Fsp3) is 1.00. The molecular formula is C9H18FN. The van der Waals surface area contributed by atoms with Gasteiger partial charge in [0.15, 0.2) is 0 Å². The lowest BCUT2D eigenvalue weighted by atomic mass is 10.0. The minimum absolute atomic E-state index is 0.261. The van der Waals surface area contributed by atoms with Crippen LogP contribution in [0, 0.1) is 10.8 Å². The van der Waals surface area contributed by atoms with E-state index in [9.17, 15) is 4.39 Å². The maximum atomic E-state index is 11.8. The number of nitrogens with one attached hydrogen (secondary N) is 1. The Balaban J connectivity index is 2.41. The van der Waals surface area contributed by atoms with Gasteiger partial charge in [-0.1, -0.05) is 27.7 Å². The summed E-state index contributed by atoms with van der Waals surface area (Å²) in [5.41, 5.74) is 0.671. The molecule has 0 aromatic rings. The largest absolute Gasteiger partial charge is 0.310 e. The second kappa shape index (κ2) is 2.44. The maximum absolute atomic E-state index is 11.8. The molecule has 2 heteroatoms. The third-order valence-corrected chi connectivity index (χ3v) is 3.46. The van der Waals surface area contributed by atoms with Crippen LogP contribution in [0.4, 0.5) is 4.39 Å². The summed E-state index contributed by atoms with van der Waals surface area (Å²) in [7, 11) is 0. The average molecular weight is 159 g/mol. The van der Waals surface area contributed by atoms with Crippen LogP contribution >= 0.6 is 0 Å². The topological polar surface area (TPSA) is 12.0 Å². The fourth-order valence-corrected chi connectivity index (χ4v) is 1.91. The Morgan fingerprint density at radius 1 is 1.18 bits per heavy atom. The Bertz CT molecular complexity index is 138. The van der Waals surface area contributed by atoms with Gasteiger partial charge in [0, 0.05) is 12.6 Å². The molecule has 1 fully saturated rings. The molecule has 0 bridgehead atoms. The molecular weight excluding hydrogens is 141 g/mol. The Labute approximate surface area is 68.4 Å². The van der Waals surface area contributed by atoms with Crippen LogP contribution in [-0.4, -0.2) is 19.3 Å². The summed E-state index contributed by atoms with van der Waals surface area (Å²) in [4.78, 5) is 0. The molecule has 0 atom stereocenters. The SMILES string of the molecule is CC1(C)C(NCCF)C1(C)C. The van der Waals surface area contributed by atoms with Crippen molar-refractivity contribution in [3.63, 3.8) is 0 Å². The third-order valence-electron chi connectivity index (χ3n) is 3.46. The van der Waals surface area contributed by atoms with Gasteiger partial charge in [-0.3, -0.25) is 0 Å². The van der Waals surface area contributed by atoms with Crippen molar-refractivity contribution in [3.05, 3.63) is 0 Å². The monoisotopic (exact) mass is 159 g/mol. The van der Waals surface area contributed by atoms with Crippen molar-refractivity contribution in [3.8, 4) is 0 Å². The summed E-state index contributed by atoms with van der Waals surface area (Å²) >= 11 is 0. The molecule has 1 nitrogen and oxygen atoms in total. The summed E-state index contributed by atoms with van der Waals surface area (Å²) in [6, 6.07) is 0.491. The van der Waals surface area contributed by atoms with Crippen LogP contribution in [0.1, 0.15) is 27.7 Å². The van der Waals surface area contributed by atoms with Gasteiger partial charge in [0.25, 0.3) is 0 Å². The maximum Gasteiger partial charge on any atom is 0.102 e. The quantitative estimate of drug-likeness (QED) is 0.664. The van der Waals surface area contributed by atoms with Gasteiger partial charge in [0.1, 0.15) is 6.67 Å². The molecule has 1 aliphatic rings. The van der Waals surface area contributed by atoms with Gasteiger partial charge < -0.3 is 5.32 Å². The Kier molecular flexibility index (Phi) is 1.99. The van der Waals surface area contributed by atoms with E-state index in [1.807, 2.05) is 0 Å². The van der Waals surface area contributed by atoms with E-state index in [0.29, 0.717) is 23.4 Å². The molecule has 0 heterocycles. The first-order valence-corrected chi connectivity index (χ1v) is 4.24. The van der Waals surface area contributed by atoms with Crippen LogP contribution in [0.2, 0.25) is 0 Å². The average Bonchev–Trinajstić information content (AvgIpc) is 2.23. The lowest BCUT2D eigenvalue weighted by molar-refractivity contribution is 0.447. The van der Waals surface area contributed by atoms with Gasteiger partial charge in [0.2, 0.25) is 0 Å². The van der Waals surface area contributed by atoms with Crippen LogP contribution in [0.15, 0.2) is 0 Å². The van der Waals surface area contributed by atoms with Crippen molar-refractivity contribution < 1.29 is 4.39 Å². The first-order valence-electron chi connectivity index (χ1n) is 4.24. The van der Waals surface area contributed by atoms with Gasteiger partial charge >= 0.3 is 0 Å². The number of alkyl halides is 1.